The van der Waals surface area contributed by atoms with Gasteiger partial charge >= 0.3 is 5.97 Å². The van der Waals surface area contributed by atoms with E-state index in [1.54, 1.807) is 0 Å². The molecule has 0 bridgehead atoms. The molecule has 2 aliphatic carbocycles. The van der Waals surface area contributed by atoms with Gasteiger partial charge in [0, 0.05) is 25.6 Å². The summed E-state index contributed by atoms with van der Waals surface area (Å²) in [7, 11) is 4.12. The third kappa shape index (κ3) is 3.24. The minimum atomic E-state index is -0.0334. The number of hydrogen-bond acceptors (Lipinski definition) is 4. The minimum Gasteiger partial charge on any atom is -0.461 e. The number of allylic oxidation sites excluding steroid dienone is 3. The van der Waals surface area contributed by atoms with E-state index in [-0.39, 0.29) is 29.3 Å². The first-order valence-corrected chi connectivity index (χ1v) is 8.86. The molecule has 4 unspecified atom stereocenters. The summed E-state index contributed by atoms with van der Waals surface area (Å²) in [4.78, 5) is 14.5. The summed E-state index contributed by atoms with van der Waals surface area (Å²) in [6, 6.07) is 0. The quantitative estimate of drug-likeness (QED) is 0.624. The molecule has 0 saturated carbocycles. The smallest absolute Gasteiger partial charge is 0.311 e. The molecule has 23 heavy (non-hydrogen) atoms. The van der Waals surface area contributed by atoms with Crippen LogP contribution in [-0.4, -0.2) is 50.7 Å². The van der Waals surface area contributed by atoms with Crippen molar-refractivity contribution in [3.8, 4) is 0 Å². The fourth-order valence-electron chi connectivity index (χ4n) is 4.42. The molecule has 1 aliphatic heterocycles. The molecule has 0 aromatic rings. The van der Waals surface area contributed by atoms with E-state index < -0.39 is 0 Å². The minimum absolute atomic E-state index is 0.0157. The third-order valence-electron chi connectivity index (χ3n) is 5.80. The number of esters is 1. The number of carbonyl (C=O) groups excluding carboxylic acids is 1. The van der Waals surface area contributed by atoms with Crippen molar-refractivity contribution in [1.82, 2.24) is 10.2 Å². The lowest BCUT2D eigenvalue weighted by Gasteiger charge is -2.42. The molecule has 1 saturated heterocycles. The highest BCUT2D eigenvalue weighted by atomic mass is 16.6. The van der Waals surface area contributed by atoms with Crippen LogP contribution < -0.4 is 5.32 Å². The topological polar surface area (TPSA) is 41.6 Å². The molecule has 3 rings (SSSR count). The fraction of sp³-hybridized carbons (Fsp3) is 0.737. The van der Waals surface area contributed by atoms with Crippen LogP contribution in [0.4, 0.5) is 0 Å². The van der Waals surface area contributed by atoms with Crippen molar-refractivity contribution in [2.24, 2.45) is 17.3 Å². The summed E-state index contributed by atoms with van der Waals surface area (Å²) in [5.74, 6) is 0.186. The van der Waals surface area contributed by atoms with Crippen molar-refractivity contribution in [3.63, 3.8) is 0 Å². The van der Waals surface area contributed by atoms with Crippen LogP contribution in [0.1, 0.15) is 33.1 Å². The first-order valence-electron chi connectivity index (χ1n) is 8.86. The Hall–Kier alpha value is -1.13. The SMILES string of the molecule is CC1=CCCC2(C)CC3OC(=O)C(CNCCN(C)C)C3C=C12. The van der Waals surface area contributed by atoms with E-state index >= 15 is 0 Å². The van der Waals surface area contributed by atoms with Gasteiger partial charge in [-0.25, -0.2) is 0 Å². The molecular weight excluding hydrogens is 288 g/mol. The van der Waals surface area contributed by atoms with Crippen LogP contribution in [0.3, 0.4) is 0 Å². The van der Waals surface area contributed by atoms with Gasteiger partial charge in [0.2, 0.25) is 0 Å². The number of carbonyl (C=O) groups is 1. The van der Waals surface area contributed by atoms with E-state index in [4.69, 9.17) is 4.74 Å². The number of likely N-dealkylation sites (N-methyl/N-ethyl adjacent to an activating group) is 1. The monoisotopic (exact) mass is 318 g/mol. The van der Waals surface area contributed by atoms with Gasteiger partial charge in [0.05, 0.1) is 5.92 Å². The second-order valence-electron chi connectivity index (χ2n) is 7.94. The van der Waals surface area contributed by atoms with Gasteiger partial charge in [-0.3, -0.25) is 4.79 Å². The molecule has 0 amide bonds. The van der Waals surface area contributed by atoms with Crippen molar-refractivity contribution >= 4 is 5.97 Å². The third-order valence-corrected chi connectivity index (χ3v) is 5.80. The van der Waals surface area contributed by atoms with Gasteiger partial charge in [-0.2, -0.15) is 0 Å². The van der Waals surface area contributed by atoms with Crippen LogP contribution in [0.25, 0.3) is 0 Å². The van der Waals surface area contributed by atoms with E-state index in [1.807, 2.05) is 0 Å². The first-order chi connectivity index (χ1) is 10.9. The zero-order valence-corrected chi connectivity index (χ0v) is 14.9. The average molecular weight is 318 g/mol. The molecule has 0 aromatic heterocycles. The molecule has 4 atom stereocenters. The lowest BCUT2D eigenvalue weighted by molar-refractivity contribution is -0.145. The van der Waals surface area contributed by atoms with Gasteiger partial charge in [0.15, 0.2) is 0 Å². The molecule has 128 valence electrons. The summed E-state index contributed by atoms with van der Waals surface area (Å²) in [6.45, 7) is 7.16. The molecule has 1 heterocycles. The van der Waals surface area contributed by atoms with Crippen molar-refractivity contribution in [3.05, 3.63) is 23.3 Å². The first kappa shape index (κ1) is 16.7. The number of rotatable bonds is 5. The number of fused-ring (bicyclic) bond motifs is 2. The van der Waals surface area contributed by atoms with Crippen LogP contribution >= 0.6 is 0 Å². The average Bonchev–Trinajstić information content (AvgIpc) is 2.76. The van der Waals surface area contributed by atoms with Gasteiger partial charge < -0.3 is 15.0 Å². The van der Waals surface area contributed by atoms with E-state index in [0.29, 0.717) is 0 Å². The van der Waals surface area contributed by atoms with Gasteiger partial charge in [-0.05, 0) is 51.3 Å². The Balaban J connectivity index is 1.73. The van der Waals surface area contributed by atoms with Crippen molar-refractivity contribution < 1.29 is 9.53 Å². The van der Waals surface area contributed by atoms with Crippen LogP contribution in [0.2, 0.25) is 0 Å². The van der Waals surface area contributed by atoms with E-state index in [9.17, 15) is 4.79 Å². The number of hydrogen-bond donors (Lipinski definition) is 1. The standard InChI is InChI=1S/C19H30N2O2/c1-13-6-5-7-19(2)11-17-14(10-16(13)19)15(18(22)23-17)12-20-8-9-21(3)4/h6,10,14-15,17,20H,5,7-9,11-12H2,1-4H3. The highest BCUT2D eigenvalue weighted by Crippen LogP contribution is 2.52. The van der Waals surface area contributed by atoms with Crippen molar-refractivity contribution in [1.29, 1.82) is 0 Å². The molecule has 0 radical (unpaired) electrons. The van der Waals surface area contributed by atoms with Crippen LogP contribution in [0.15, 0.2) is 23.3 Å². The maximum Gasteiger partial charge on any atom is 0.311 e. The van der Waals surface area contributed by atoms with Crippen LogP contribution in [-0.2, 0) is 9.53 Å². The highest BCUT2D eigenvalue weighted by Gasteiger charge is 2.50. The van der Waals surface area contributed by atoms with Gasteiger partial charge in [0.25, 0.3) is 0 Å². The Morgan fingerprint density at radius 1 is 1.43 bits per heavy atom. The zero-order chi connectivity index (χ0) is 16.6. The molecule has 4 nitrogen and oxygen atoms in total. The van der Waals surface area contributed by atoms with E-state index in [0.717, 1.165) is 32.5 Å². The molecule has 0 spiro atoms. The normalized spacial score (nSPS) is 36.2. The summed E-state index contributed by atoms with van der Waals surface area (Å²) >= 11 is 0. The van der Waals surface area contributed by atoms with Gasteiger partial charge in [-0.1, -0.05) is 24.6 Å². The Kier molecular flexibility index (Phi) is 4.65. The summed E-state index contributed by atoms with van der Waals surface area (Å²) in [6.07, 6.45) is 8.07. The van der Waals surface area contributed by atoms with Gasteiger partial charge in [0.1, 0.15) is 6.10 Å². The van der Waals surface area contributed by atoms with Gasteiger partial charge in [-0.15, -0.1) is 0 Å². The lowest BCUT2D eigenvalue weighted by atomic mass is 9.62. The van der Waals surface area contributed by atoms with Crippen molar-refractivity contribution in [2.75, 3.05) is 33.7 Å². The zero-order valence-electron chi connectivity index (χ0n) is 14.9. The second kappa shape index (κ2) is 6.40. The maximum absolute atomic E-state index is 12.3. The van der Waals surface area contributed by atoms with E-state index in [1.165, 1.54) is 17.6 Å². The second-order valence-corrected chi connectivity index (χ2v) is 7.94. The Labute approximate surface area is 139 Å². The highest BCUT2D eigenvalue weighted by molar-refractivity contribution is 5.76. The predicted molar refractivity (Wildman–Crippen MR) is 92.1 cm³/mol. The predicted octanol–water partition coefficient (Wildman–Crippen LogP) is 2.37. The maximum atomic E-state index is 12.3. The summed E-state index contributed by atoms with van der Waals surface area (Å²) < 4.78 is 5.75. The lowest BCUT2D eigenvalue weighted by Crippen LogP contribution is -2.39. The molecule has 1 N–H and O–H groups in total. The molecule has 1 fully saturated rings. The fourth-order valence-corrected chi connectivity index (χ4v) is 4.42. The molecule has 3 aliphatic rings. The summed E-state index contributed by atoms with van der Waals surface area (Å²) in [5, 5.41) is 3.43. The Morgan fingerprint density at radius 2 is 2.22 bits per heavy atom. The molecular formula is C19H30N2O2. The Morgan fingerprint density at radius 3 is 2.96 bits per heavy atom. The largest absolute Gasteiger partial charge is 0.461 e. The molecule has 4 heteroatoms. The Bertz CT molecular complexity index is 537. The van der Waals surface area contributed by atoms with E-state index in [2.05, 4.69) is 50.3 Å². The number of nitrogens with one attached hydrogen (secondary N) is 1. The van der Waals surface area contributed by atoms with Crippen LogP contribution in [0, 0.1) is 17.3 Å². The number of ether oxygens (including phenoxy) is 1. The number of nitrogens with zero attached hydrogens (tertiary/aromatic N) is 1. The van der Waals surface area contributed by atoms with Crippen LogP contribution in [0.5, 0.6) is 0 Å². The summed E-state index contributed by atoms with van der Waals surface area (Å²) in [5.41, 5.74) is 3.05. The van der Waals surface area contributed by atoms with Crippen molar-refractivity contribution in [2.45, 2.75) is 39.2 Å². The molecule has 0 aromatic carbocycles.